The summed E-state index contributed by atoms with van der Waals surface area (Å²) in [7, 11) is 1.65. The molecule has 7 heteroatoms. The number of carbonyl (C=O) groups excluding carboxylic acids is 1. The molecule has 1 N–H and O–H groups in total. The van der Waals surface area contributed by atoms with Crippen LogP contribution >= 0.6 is 11.6 Å². The number of hydrogen-bond acceptors (Lipinski definition) is 4. The standard InChI is InChI=1S/C12H12ClN5O/c1-8-10(13)11(18(2)17-8)12(19)16-15-7-9-5-3-4-6-14-9/h3-7H,1-2H3,(H,16,19). The van der Waals surface area contributed by atoms with Gasteiger partial charge in [-0.2, -0.15) is 10.2 Å². The Morgan fingerprint density at radius 1 is 1.53 bits per heavy atom. The number of aryl methyl sites for hydroxylation is 2. The van der Waals surface area contributed by atoms with Crippen LogP contribution in [0.3, 0.4) is 0 Å². The maximum absolute atomic E-state index is 11.9. The molecule has 0 aliphatic carbocycles. The number of hydrazone groups is 1. The zero-order chi connectivity index (χ0) is 13.8. The minimum atomic E-state index is -0.416. The molecule has 0 saturated carbocycles. The molecule has 2 aromatic heterocycles. The molecule has 19 heavy (non-hydrogen) atoms. The van der Waals surface area contributed by atoms with Crippen LogP contribution < -0.4 is 5.43 Å². The van der Waals surface area contributed by atoms with Crippen LogP contribution in [0.2, 0.25) is 5.02 Å². The first-order valence-corrected chi connectivity index (χ1v) is 5.91. The van der Waals surface area contributed by atoms with Crippen molar-refractivity contribution in [2.24, 2.45) is 12.1 Å². The van der Waals surface area contributed by atoms with Gasteiger partial charge < -0.3 is 0 Å². The van der Waals surface area contributed by atoms with Gasteiger partial charge in [0.1, 0.15) is 5.69 Å². The highest BCUT2D eigenvalue weighted by Crippen LogP contribution is 2.18. The maximum Gasteiger partial charge on any atom is 0.291 e. The van der Waals surface area contributed by atoms with Crippen LogP contribution in [0.1, 0.15) is 21.9 Å². The van der Waals surface area contributed by atoms with Crippen LogP contribution in [0.15, 0.2) is 29.5 Å². The number of rotatable bonds is 3. The van der Waals surface area contributed by atoms with Gasteiger partial charge in [0.05, 0.1) is 22.6 Å². The highest BCUT2D eigenvalue weighted by molar-refractivity contribution is 6.34. The van der Waals surface area contributed by atoms with Crippen LogP contribution in [-0.2, 0) is 7.05 Å². The van der Waals surface area contributed by atoms with Crippen molar-refractivity contribution < 1.29 is 4.79 Å². The summed E-state index contributed by atoms with van der Waals surface area (Å²) in [6, 6.07) is 5.41. The van der Waals surface area contributed by atoms with E-state index in [1.807, 2.05) is 6.07 Å². The zero-order valence-corrected chi connectivity index (χ0v) is 11.2. The molecule has 1 amide bonds. The predicted molar refractivity (Wildman–Crippen MR) is 72.3 cm³/mol. The normalized spacial score (nSPS) is 10.9. The average molecular weight is 278 g/mol. The van der Waals surface area contributed by atoms with E-state index in [1.165, 1.54) is 10.9 Å². The van der Waals surface area contributed by atoms with Crippen LogP contribution in [0.5, 0.6) is 0 Å². The maximum atomic E-state index is 11.9. The molecule has 0 aliphatic heterocycles. The molecule has 2 aromatic rings. The lowest BCUT2D eigenvalue weighted by atomic mass is 10.3. The van der Waals surface area contributed by atoms with Gasteiger partial charge in [0.25, 0.3) is 5.91 Å². The molecule has 2 heterocycles. The van der Waals surface area contributed by atoms with Gasteiger partial charge in [-0.1, -0.05) is 17.7 Å². The van der Waals surface area contributed by atoms with Crippen LogP contribution in [-0.4, -0.2) is 26.9 Å². The number of halogens is 1. The number of pyridine rings is 1. The van der Waals surface area contributed by atoms with E-state index in [4.69, 9.17) is 11.6 Å². The highest BCUT2D eigenvalue weighted by Gasteiger charge is 2.17. The summed E-state index contributed by atoms with van der Waals surface area (Å²) in [6.45, 7) is 1.73. The summed E-state index contributed by atoms with van der Waals surface area (Å²) in [6.07, 6.45) is 3.10. The predicted octanol–water partition coefficient (Wildman–Crippen LogP) is 1.54. The number of nitrogens with one attached hydrogen (secondary N) is 1. The molecule has 0 atom stereocenters. The fraction of sp³-hybridized carbons (Fsp3) is 0.167. The smallest absolute Gasteiger partial charge is 0.266 e. The minimum absolute atomic E-state index is 0.275. The van der Waals surface area contributed by atoms with Gasteiger partial charge in [-0.05, 0) is 19.1 Å². The summed E-state index contributed by atoms with van der Waals surface area (Å²) in [4.78, 5) is 15.9. The Morgan fingerprint density at radius 2 is 2.32 bits per heavy atom. The Labute approximate surface area is 115 Å². The van der Waals surface area contributed by atoms with Gasteiger partial charge in [0.2, 0.25) is 0 Å². The molecule has 0 bridgehead atoms. The molecule has 0 saturated heterocycles. The van der Waals surface area contributed by atoms with E-state index in [0.717, 1.165) is 0 Å². The Kier molecular flexibility index (Phi) is 3.91. The lowest BCUT2D eigenvalue weighted by Crippen LogP contribution is -2.21. The summed E-state index contributed by atoms with van der Waals surface area (Å²) >= 11 is 6.00. The second-order valence-corrected chi connectivity index (χ2v) is 4.20. The summed E-state index contributed by atoms with van der Waals surface area (Å²) in [5.41, 5.74) is 3.91. The van der Waals surface area contributed by atoms with Crippen molar-refractivity contribution in [2.45, 2.75) is 6.92 Å². The van der Waals surface area contributed by atoms with Crippen molar-refractivity contribution >= 4 is 23.7 Å². The molecule has 0 aliphatic rings. The van der Waals surface area contributed by atoms with Crippen molar-refractivity contribution in [3.8, 4) is 0 Å². The Hall–Kier alpha value is -2.21. The van der Waals surface area contributed by atoms with Crippen molar-refractivity contribution in [2.75, 3.05) is 0 Å². The summed E-state index contributed by atoms with van der Waals surface area (Å²) in [5, 5.41) is 8.21. The molecule has 0 unspecified atom stereocenters. The number of hydrogen-bond donors (Lipinski definition) is 1. The van der Waals surface area contributed by atoms with Crippen LogP contribution in [0.25, 0.3) is 0 Å². The number of aromatic nitrogens is 3. The largest absolute Gasteiger partial charge is 0.291 e. The van der Waals surface area contributed by atoms with E-state index in [0.29, 0.717) is 16.4 Å². The first-order valence-electron chi connectivity index (χ1n) is 5.53. The number of amides is 1. The Morgan fingerprint density at radius 3 is 2.89 bits per heavy atom. The fourth-order valence-electron chi connectivity index (χ4n) is 1.54. The van der Waals surface area contributed by atoms with E-state index >= 15 is 0 Å². The molecule has 0 fully saturated rings. The van der Waals surface area contributed by atoms with Crippen molar-refractivity contribution in [1.82, 2.24) is 20.2 Å². The summed E-state index contributed by atoms with van der Waals surface area (Å²) < 4.78 is 1.42. The molecule has 0 aromatic carbocycles. The third-order valence-corrected chi connectivity index (χ3v) is 2.87. The van der Waals surface area contributed by atoms with Crippen molar-refractivity contribution in [3.05, 3.63) is 46.5 Å². The molecular formula is C12H12ClN5O. The highest BCUT2D eigenvalue weighted by atomic mass is 35.5. The topological polar surface area (TPSA) is 72.2 Å². The van der Waals surface area contributed by atoms with E-state index in [1.54, 1.807) is 32.3 Å². The van der Waals surface area contributed by atoms with Gasteiger partial charge >= 0.3 is 0 Å². The summed E-state index contributed by atoms with van der Waals surface area (Å²) in [5.74, 6) is -0.416. The molecule has 0 radical (unpaired) electrons. The van der Waals surface area contributed by atoms with Gasteiger partial charge in [0, 0.05) is 13.2 Å². The molecule has 6 nitrogen and oxygen atoms in total. The van der Waals surface area contributed by atoms with Gasteiger partial charge in [-0.15, -0.1) is 0 Å². The number of nitrogens with zero attached hydrogens (tertiary/aromatic N) is 4. The minimum Gasteiger partial charge on any atom is -0.266 e. The second-order valence-electron chi connectivity index (χ2n) is 3.83. The Balaban J connectivity index is 2.08. The quantitative estimate of drug-likeness (QED) is 0.683. The number of carbonyl (C=O) groups is 1. The molecule has 2 rings (SSSR count). The zero-order valence-electron chi connectivity index (χ0n) is 10.5. The third-order valence-electron chi connectivity index (χ3n) is 2.41. The first kappa shape index (κ1) is 13.2. The first-order chi connectivity index (χ1) is 9.09. The van der Waals surface area contributed by atoms with Gasteiger partial charge in [0.15, 0.2) is 0 Å². The van der Waals surface area contributed by atoms with E-state index < -0.39 is 5.91 Å². The van der Waals surface area contributed by atoms with Crippen molar-refractivity contribution in [3.63, 3.8) is 0 Å². The van der Waals surface area contributed by atoms with Gasteiger partial charge in [-0.25, -0.2) is 5.43 Å². The molecule has 0 spiro atoms. The molecule has 98 valence electrons. The van der Waals surface area contributed by atoms with E-state index in [-0.39, 0.29) is 5.69 Å². The van der Waals surface area contributed by atoms with Crippen molar-refractivity contribution in [1.29, 1.82) is 0 Å². The monoisotopic (exact) mass is 277 g/mol. The van der Waals surface area contributed by atoms with Crippen LogP contribution in [0.4, 0.5) is 0 Å². The van der Waals surface area contributed by atoms with Crippen LogP contribution in [0, 0.1) is 6.92 Å². The fourth-order valence-corrected chi connectivity index (χ4v) is 1.79. The van der Waals surface area contributed by atoms with E-state index in [2.05, 4.69) is 20.6 Å². The SMILES string of the molecule is Cc1nn(C)c(C(=O)NN=Cc2ccccn2)c1Cl. The lowest BCUT2D eigenvalue weighted by molar-refractivity contribution is 0.0946. The average Bonchev–Trinajstić information content (AvgIpc) is 2.64. The Bertz CT molecular complexity index is 621. The van der Waals surface area contributed by atoms with E-state index in [9.17, 15) is 4.79 Å². The molecular weight excluding hydrogens is 266 g/mol. The third kappa shape index (κ3) is 2.97. The van der Waals surface area contributed by atoms with Gasteiger partial charge in [-0.3, -0.25) is 14.5 Å². The lowest BCUT2D eigenvalue weighted by Gasteiger charge is -2.00. The second kappa shape index (κ2) is 5.62.